The number of hydrogen-bond donors (Lipinski definition) is 2. The predicted molar refractivity (Wildman–Crippen MR) is 48.1 cm³/mol. The van der Waals surface area contributed by atoms with Crippen molar-refractivity contribution in [3.63, 3.8) is 0 Å². The summed E-state index contributed by atoms with van der Waals surface area (Å²) in [5, 5.41) is 20.9. The summed E-state index contributed by atoms with van der Waals surface area (Å²) in [5.41, 5.74) is 0. The minimum absolute atomic E-state index is 0.0772. The Labute approximate surface area is 78.5 Å². The highest BCUT2D eigenvalue weighted by atomic mass is 16.5. The van der Waals surface area contributed by atoms with Gasteiger partial charge in [-0.15, -0.1) is 0 Å². The minimum atomic E-state index is -0.374. The van der Waals surface area contributed by atoms with Crippen LogP contribution in [0.15, 0.2) is 0 Å². The van der Waals surface area contributed by atoms with E-state index in [1.54, 1.807) is 6.92 Å². The topological polar surface area (TPSA) is 65.3 Å². The molecule has 4 heteroatoms. The van der Waals surface area contributed by atoms with Crippen molar-refractivity contribution in [2.75, 3.05) is 13.2 Å². The second-order valence-corrected chi connectivity index (χ2v) is 3.43. The lowest BCUT2D eigenvalue weighted by molar-refractivity contribution is 0.0219. The average molecular weight is 184 g/mol. The first-order chi connectivity index (χ1) is 6.24. The fourth-order valence-electron chi connectivity index (χ4n) is 1.44. The molecule has 1 heterocycles. The molecule has 0 aromatic carbocycles. The Morgan fingerprint density at radius 1 is 1.77 bits per heavy atom. The van der Waals surface area contributed by atoms with Crippen molar-refractivity contribution in [1.29, 1.82) is 5.26 Å². The molecule has 3 unspecified atom stereocenters. The lowest BCUT2D eigenvalue weighted by Gasteiger charge is -2.28. The van der Waals surface area contributed by atoms with Crippen molar-refractivity contribution in [3.05, 3.63) is 0 Å². The zero-order chi connectivity index (χ0) is 9.68. The van der Waals surface area contributed by atoms with Crippen LogP contribution < -0.4 is 5.32 Å². The van der Waals surface area contributed by atoms with Gasteiger partial charge in [-0.3, -0.25) is 0 Å². The van der Waals surface area contributed by atoms with Gasteiger partial charge >= 0.3 is 0 Å². The Hall–Kier alpha value is -0.630. The summed E-state index contributed by atoms with van der Waals surface area (Å²) in [6.07, 6.45) is 1.20. The quantitative estimate of drug-likeness (QED) is 0.649. The van der Waals surface area contributed by atoms with Crippen LogP contribution in [0.3, 0.4) is 0 Å². The van der Waals surface area contributed by atoms with Crippen molar-refractivity contribution in [2.24, 2.45) is 0 Å². The van der Waals surface area contributed by atoms with E-state index in [2.05, 4.69) is 11.4 Å². The zero-order valence-corrected chi connectivity index (χ0v) is 7.86. The van der Waals surface area contributed by atoms with E-state index in [0.717, 1.165) is 12.8 Å². The molecule has 3 atom stereocenters. The van der Waals surface area contributed by atoms with E-state index in [-0.39, 0.29) is 18.2 Å². The number of nitrogens with zero attached hydrogens (tertiary/aromatic N) is 1. The number of nitrogens with one attached hydrogen (secondary N) is 1. The summed E-state index contributed by atoms with van der Waals surface area (Å²) in [6.45, 7) is 2.91. The SMILES string of the molecule is CC(O)CNC1CCCOC1C#N. The van der Waals surface area contributed by atoms with Gasteiger partial charge in [0.25, 0.3) is 0 Å². The number of nitriles is 1. The third kappa shape index (κ3) is 3.31. The number of aliphatic hydroxyl groups excluding tert-OH is 1. The fourth-order valence-corrected chi connectivity index (χ4v) is 1.44. The highest BCUT2D eigenvalue weighted by Gasteiger charge is 2.25. The van der Waals surface area contributed by atoms with Crippen LogP contribution >= 0.6 is 0 Å². The van der Waals surface area contributed by atoms with Gasteiger partial charge in [-0.05, 0) is 19.8 Å². The van der Waals surface area contributed by atoms with Crippen LogP contribution in [-0.2, 0) is 4.74 Å². The molecule has 0 radical (unpaired) electrons. The number of hydrogen-bond acceptors (Lipinski definition) is 4. The summed E-state index contributed by atoms with van der Waals surface area (Å²) in [6, 6.07) is 2.19. The maximum atomic E-state index is 9.06. The first-order valence-electron chi connectivity index (χ1n) is 4.66. The molecule has 1 aliphatic heterocycles. The highest BCUT2D eigenvalue weighted by molar-refractivity contribution is 4.96. The van der Waals surface area contributed by atoms with Crippen LogP contribution in [-0.4, -0.2) is 36.5 Å². The standard InChI is InChI=1S/C9H16N2O2/c1-7(12)6-11-8-3-2-4-13-9(8)5-10/h7-9,11-12H,2-4,6H2,1H3. The van der Waals surface area contributed by atoms with Gasteiger partial charge in [0.05, 0.1) is 12.2 Å². The van der Waals surface area contributed by atoms with Gasteiger partial charge in [0.1, 0.15) is 0 Å². The van der Waals surface area contributed by atoms with Crippen molar-refractivity contribution < 1.29 is 9.84 Å². The molecule has 0 aliphatic carbocycles. The third-order valence-corrected chi connectivity index (χ3v) is 2.13. The van der Waals surface area contributed by atoms with E-state index in [0.29, 0.717) is 13.2 Å². The number of rotatable bonds is 3. The number of aliphatic hydroxyl groups is 1. The van der Waals surface area contributed by atoms with Gasteiger partial charge in [-0.25, -0.2) is 0 Å². The molecule has 0 aromatic rings. The predicted octanol–water partition coefficient (Wildman–Crippen LogP) is 0.0280. The van der Waals surface area contributed by atoms with E-state index in [9.17, 15) is 0 Å². The summed E-state index contributed by atoms with van der Waals surface area (Å²) in [4.78, 5) is 0. The summed E-state index contributed by atoms with van der Waals surface area (Å²) < 4.78 is 5.27. The monoisotopic (exact) mass is 184 g/mol. The largest absolute Gasteiger partial charge is 0.392 e. The van der Waals surface area contributed by atoms with E-state index >= 15 is 0 Å². The van der Waals surface area contributed by atoms with E-state index in [4.69, 9.17) is 15.1 Å². The summed E-state index contributed by atoms with van der Waals surface area (Å²) >= 11 is 0. The van der Waals surface area contributed by atoms with E-state index < -0.39 is 0 Å². The van der Waals surface area contributed by atoms with Crippen LogP contribution in [0.5, 0.6) is 0 Å². The zero-order valence-electron chi connectivity index (χ0n) is 7.86. The maximum absolute atomic E-state index is 9.06. The van der Waals surface area contributed by atoms with Gasteiger partial charge in [-0.2, -0.15) is 5.26 Å². The molecular weight excluding hydrogens is 168 g/mol. The van der Waals surface area contributed by atoms with Crippen molar-refractivity contribution >= 4 is 0 Å². The second kappa shape index (κ2) is 5.18. The van der Waals surface area contributed by atoms with Crippen LogP contribution in [0.4, 0.5) is 0 Å². The summed E-state index contributed by atoms with van der Waals surface area (Å²) in [5.74, 6) is 0. The van der Waals surface area contributed by atoms with Gasteiger partial charge in [0.2, 0.25) is 0 Å². The Bertz CT molecular complexity index is 189. The van der Waals surface area contributed by atoms with Crippen molar-refractivity contribution in [3.8, 4) is 6.07 Å². The van der Waals surface area contributed by atoms with Crippen LogP contribution in [0.1, 0.15) is 19.8 Å². The minimum Gasteiger partial charge on any atom is -0.392 e. The van der Waals surface area contributed by atoms with Gasteiger partial charge in [0.15, 0.2) is 6.10 Å². The third-order valence-electron chi connectivity index (χ3n) is 2.13. The molecule has 0 amide bonds. The molecule has 1 aliphatic rings. The van der Waals surface area contributed by atoms with Gasteiger partial charge in [-0.1, -0.05) is 0 Å². The Kier molecular flexibility index (Phi) is 4.16. The lowest BCUT2D eigenvalue weighted by atomic mass is 10.0. The molecule has 1 fully saturated rings. The van der Waals surface area contributed by atoms with Crippen LogP contribution in [0.25, 0.3) is 0 Å². The molecule has 0 bridgehead atoms. The summed E-state index contributed by atoms with van der Waals surface area (Å²) in [7, 11) is 0. The van der Waals surface area contributed by atoms with Crippen LogP contribution in [0.2, 0.25) is 0 Å². The fraction of sp³-hybridized carbons (Fsp3) is 0.889. The normalized spacial score (nSPS) is 30.8. The Balaban J connectivity index is 2.33. The van der Waals surface area contributed by atoms with E-state index in [1.165, 1.54) is 0 Å². The molecule has 0 saturated carbocycles. The van der Waals surface area contributed by atoms with E-state index in [1.807, 2.05) is 0 Å². The number of ether oxygens (including phenoxy) is 1. The van der Waals surface area contributed by atoms with Crippen LogP contribution in [0, 0.1) is 11.3 Å². The maximum Gasteiger partial charge on any atom is 0.159 e. The molecule has 1 rings (SSSR count). The molecule has 0 aromatic heterocycles. The molecule has 1 saturated heterocycles. The molecular formula is C9H16N2O2. The second-order valence-electron chi connectivity index (χ2n) is 3.43. The molecule has 4 nitrogen and oxygen atoms in total. The molecule has 2 N–H and O–H groups in total. The first-order valence-corrected chi connectivity index (χ1v) is 4.66. The average Bonchev–Trinajstić information content (AvgIpc) is 2.15. The molecule has 13 heavy (non-hydrogen) atoms. The Morgan fingerprint density at radius 3 is 3.15 bits per heavy atom. The lowest BCUT2D eigenvalue weighted by Crippen LogP contribution is -2.46. The van der Waals surface area contributed by atoms with Crippen molar-refractivity contribution in [2.45, 2.75) is 38.0 Å². The smallest absolute Gasteiger partial charge is 0.159 e. The highest BCUT2D eigenvalue weighted by Crippen LogP contribution is 2.12. The molecule has 74 valence electrons. The van der Waals surface area contributed by atoms with Gasteiger partial charge in [0, 0.05) is 19.2 Å². The Morgan fingerprint density at radius 2 is 2.54 bits per heavy atom. The van der Waals surface area contributed by atoms with Gasteiger partial charge < -0.3 is 15.2 Å². The van der Waals surface area contributed by atoms with Crippen molar-refractivity contribution in [1.82, 2.24) is 5.32 Å². The first kappa shape index (κ1) is 10.5. The molecule has 0 spiro atoms.